The minimum atomic E-state index is 0.705. The number of halogens is 1. The molecule has 0 aromatic rings. The Morgan fingerprint density at radius 3 is 2.13 bits per heavy atom. The normalized spacial score (nSPS) is 14.2. The summed E-state index contributed by atoms with van der Waals surface area (Å²) in [5.74, 6) is 0. The van der Waals surface area contributed by atoms with Crippen molar-refractivity contribution in [3.05, 3.63) is 22.5 Å². The molecule has 0 radical (unpaired) electrons. The van der Waals surface area contributed by atoms with Crippen molar-refractivity contribution in [3.8, 4) is 0 Å². The van der Waals surface area contributed by atoms with Gasteiger partial charge in [-0.05, 0) is 34.0 Å². The maximum absolute atomic E-state index is 6.10. The van der Waals surface area contributed by atoms with Crippen molar-refractivity contribution in [1.82, 2.24) is 9.80 Å². The van der Waals surface area contributed by atoms with Crippen LogP contribution in [0.2, 0.25) is 0 Å². The predicted molar refractivity (Wildman–Crippen MR) is 67.7 cm³/mol. The fourth-order valence-corrected chi connectivity index (χ4v) is 1.32. The second-order valence-electron chi connectivity index (χ2n) is 4.05. The topological polar surface area (TPSA) is 32.5 Å². The minimum absolute atomic E-state index is 0.705. The van der Waals surface area contributed by atoms with Crippen LogP contribution in [-0.4, -0.2) is 44.0 Å². The summed E-state index contributed by atoms with van der Waals surface area (Å²) in [7, 11) is 6.14. The second kappa shape index (κ2) is 6.75. The van der Waals surface area contributed by atoms with Gasteiger partial charge in [-0.3, -0.25) is 0 Å². The molecule has 0 saturated heterocycles. The molecule has 4 heteroatoms. The van der Waals surface area contributed by atoms with Crippen molar-refractivity contribution in [2.75, 3.05) is 34.2 Å². The molecule has 88 valence electrons. The maximum Gasteiger partial charge on any atom is 0.0611 e. The van der Waals surface area contributed by atoms with E-state index in [1.807, 2.05) is 20.9 Å². The van der Waals surface area contributed by atoms with E-state index < -0.39 is 0 Å². The molecule has 0 saturated carbocycles. The largest absolute Gasteiger partial charge is 0.402 e. The third-order valence-electron chi connectivity index (χ3n) is 2.16. The predicted octanol–water partition coefficient (Wildman–Crippen LogP) is 1.81. The summed E-state index contributed by atoms with van der Waals surface area (Å²) >= 11 is 6.10. The standard InChI is InChI=1S/C11H22ClN3/c1-9(13)8-11(12)10(2)15(5)7-6-14(3)4/h8H,6-7,13H2,1-5H3/b9-8+,11-10-. The highest BCUT2D eigenvalue weighted by Gasteiger charge is 2.03. The molecule has 0 heterocycles. The lowest BCUT2D eigenvalue weighted by Crippen LogP contribution is -2.27. The van der Waals surface area contributed by atoms with Crippen LogP contribution in [0.15, 0.2) is 22.5 Å². The Labute approximate surface area is 98.2 Å². The van der Waals surface area contributed by atoms with Gasteiger partial charge in [-0.25, -0.2) is 0 Å². The minimum Gasteiger partial charge on any atom is -0.402 e. The van der Waals surface area contributed by atoms with E-state index in [1.54, 1.807) is 6.08 Å². The van der Waals surface area contributed by atoms with Crippen molar-refractivity contribution >= 4 is 11.6 Å². The lowest BCUT2D eigenvalue weighted by atomic mass is 10.3. The SMILES string of the molecule is C/C(=C(Cl)\C=C(/C)N)N(C)CCN(C)C. The Hall–Kier alpha value is -0.670. The first-order chi connectivity index (χ1) is 6.84. The molecule has 0 aromatic carbocycles. The van der Waals surface area contributed by atoms with Crippen LogP contribution < -0.4 is 5.73 Å². The first-order valence-electron chi connectivity index (χ1n) is 5.00. The second-order valence-corrected chi connectivity index (χ2v) is 4.45. The van der Waals surface area contributed by atoms with E-state index in [9.17, 15) is 0 Å². The summed E-state index contributed by atoms with van der Waals surface area (Å²) in [6.45, 7) is 5.78. The van der Waals surface area contributed by atoms with E-state index in [4.69, 9.17) is 17.3 Å². The van der Waals surface area contributed by atoms with Crippen LogP contribution in [0, 0.1) is 0 Å². The zero-order valence-corrected chi connectivity index (χ0v) is 11.1. The van der Waals surface area contributed by atoms with Gasteiger partial charge >= 0.3 is 0 Å². The summed E-state index contributed by atoms with van der Waals surface area (Å²) in [4.78, 5) is 4.27. The number of likely N-dealkylation sites (N-methyl/N-ethyl adjacent to an activating group) is 2. The van der Waals surface area contributed by atoms with E-state index in [-0.39, 0.29) is 0 Å². The van der Waals surface area contributed by atoms with Crippen LogP contribution in [0.1, 0.15) is 13.8 Å². The van der Waals surface area contributed by atoms with E-state index in [1.165, 1.54) is 0 Å². The zero-order valence-electron chi connectivity index (χ0n) is 10.3. The third-order valence-corrected chi connectivity index (χ3v) is 2.54. The molecule has 0 fully saturated rings. The fraction of sp³-hybridized carbons (Fsp3) is 0.636. The van der Waals surface area contributed by atoms with Crippen LogP contribution in [0.5, 0.6) is 0 Å². The van der Waals surface area contributed by atoms with Crippen molar-refractivity contribution < 1.29 is 0 Å². The molecule has 0 spiro atoms. The van der Waals surface area contributed by atoms with Gasteiger partial charge < -0.3 is 15.5 Å². The van der Waals surface area contributed by atoms with E-state index in [2.05, 4.69) is 23.9 Å². The Bertz CT molecular complexity index is 253. The summed E-state index contributed by atoms with van der Waals surface area (Å²) in [6.07, 6.45) is 1.78. The number of nitrogens with two attached hydrogens (primary N) is 1. The molecule has 0 aliphatic rings. The molecule has 0 aromatic heterocycles. The van der Waals surface area contributed by atoms with Crippen LogP contribution in [0.3, 0.4) is 0 Å². The summed E-state index contributed by atoms with van der Waals surface area (Å²) in [6, 6.07) is 0. The molecule has 3 nitrogen and oxygen atoms in total. The molecule has 0 rings (SSSR count). The molecule has 2 N–H and O–H groups in total. The highest BCUT2D eigenvalue weighted by molar-refractivity contribution is 6.31. The Balaban J connectivity index is 4.41. The van der Waals surface area contributed by atoms with Gasteiger partial charge in [0.05, 0.1) is 5.03 Å². The number of nitrogens with zero attached hydrogens (tertiary/aromatic N) is 2. The maximum atomic E-state index is 6.10. The molecule has 15 heavy (non-hydrogen) atoms. The van der Waals surface area contributed by atoms with Gasteiger partial charge in [0.2, 0.25) is 0 Å². The molecule has 0 aliphatic carbocycles. The molecular formula is C11H22ClN3. The molecule has 0 amide bonds. The van der Waals surface area contributed by atoms with Gasteiger partial charge in [-0.15, -0.1) is 0 Å². The van der Waals surface area contributed by atoms with Crippen LogP contribution in [0.25, 0.3) is 0 Å². The van der Waals surface area contributed by atoms with Crippen molar-refractivity contribution in [1.29, 1.82) is 0 Å². The lowest BCUT2D eigenvalue weighted by Gasteiger charge is -2.22. The highest BCUT2D eigenvalue weighted by Crippen LogP contribution is 2.14. The van der Waals surface area contributed by atoms with E-state index in [0.29, 0.717) is 5.03 Å². The monoisotopic (exact) mass is 231 g/mol. The van der Waals surface area contributed by atoms with Crippen molar-refractivity contribution in [2.24, 2.45) is 5.73 Å². The summed E-state index contributed by atoms with van der Waals surface area (Å²) < 4.78 is 0. The van der Waals surface area contributed by atoms with E-state index >= 15 is 0 Å². The van der Waals surface area contributed by atoms with Gasteiger partial charge in [0.15, 0.2) is 0 Å². The first-order valence-corrected chi connectivity index (χ1v) is 5.38. The summed E-state index contributed by atoms with van der Waals surface area (Å²) in [5.41, 5.74) is 7.34. The molecule has 0 unspecified atom stereocenters. The molecule has 0 aliphatic heterocycles. The Kier molecular flexibility index (Phi) is 6.45. The summed E-state index contributed by atoms with van der Waals surface area (Å²) in [5, 5.41) is 0.705. The Morgan fingerprint density at radius 2 is 1.73 bits per heavy atom. The zero-order chi connectivity index (χ0) is 12.0. The third kappa shape index (κ3) is 6.42. The molecular weight excluding hydrogens is 210 g/mol. The van der Waals surface area contributed by atoms with Crippen molar-refractivity contribution in [3.63, 3.8) is 0 Å². The van der Waals surface area contributed by atoms with Crippen molar-refractivity contribution in [2.45, 2.75) is 13.8 Å². The lowest BCUT2D eigenvalue weighted by molar-refractivity contribution is 0.325. The van der Waals surface area contributed by atoms with Gasteiger partial charge in [0, 0.05) is 31.5 Å². The fourth-order valence-electron chi connectivity index (χ4n) is 1.00. The smallest absolute Gasteiger partial charge is 0.0611 e. The van der Waals surface area contributed by atoms with Gasteiger partial charge in [0.25, 0.3) is 0 Å². The number of allylic oxidation sites excluding steroid dienone is 4. The van der Waals surface area contributed by atoms with Crippen LogP contribution in [0.4, 0.5) is 0 Å². The van der Waals surface area contributed by atoms with Crippen LogP contribution >= 0.6 is 11.6 Å². The molecule has 0 bridgehead atoms. The first kappa shape index (κ1) is 14.3. The highest BCUT2D eigenvalue weighted by atomic mass is 35.5. The average molecular weight is 232 g/mol. The number of rotatable bonds is 5. The van der Waals surface area contributed by atoms with Crippen LogP contribution in [-0.2, 0) is 0 Å². The number of hydrogen-bond acceptors (Lipinski definition) is 3. The van der Waals surface area contributed by atoms with Gasteiger partial charge in [0.1, 0.15) is 0 Å². The number of hydrogen-bond donors (Lipinski definition) is 1. The van der Waals surface area contributed by atoms with E-state index in [0.717, 1.165) is 24.5 Å². The van der Waals surface area contributed by atoms with Gasteiger partial charge in [-0.2, -0.15) is 0 Å². The Morgan fingerprint density at radius 1 is 1.20 bits per heavy atom. The average Bonchev–Trinajstić information content (AvgIpc) is 2.11. The molecule has 0 atom stereocenters. The van der Waals surface area contributed by atoms with Gasteiger partial charge in [-0.1, -0.05) is 11.6 Å². The quantitative estimate of drug-likeness (QED) is 0.733.